The lowest BCUT2D eigenvalue weighted by atomic mass is 10.1. The number of anilines is 1. The Bertz CT molecular complexity index is 573. The molecular formula is C16H20N2O3. The van der Waals surface area contributed by atoms with Crippen LogP contribution >= 0.6 is 0 Å². The zero-order chi connectivity index (χ0) is 15.2. The fourth-order valence-corrected chi connectivity index (χ4v) is 2.28. The third kappa shape index (κ3) is 4.08. The Morgan fingerprint density at radius 3 is 2.57 bits per heavy atom. The minimum Gasteiger partial charge on any atom is -0.481 e. The maximum atomic E-state index is 10.7. The second-order valence-electron chi connectivity index (χ2n) is 5.06. The Balaban J connectivity index is 2.14. The standard InChI is InChI=1S/C16H20N2O3/c1-12-15(13(2)21-17-12)11-18(10-6-9-16(19)20)14-7-4-3-5-8-14/h3-5,7-8H,6,9-11H2,1-2H3,(H,19,20). The first-order valence-electron chi connectivity index (χ1n) is 7.01. The molecule has 0 atom stereocenters. The molecule has 0 bridgehead atoms. The lowest BCUT2D eigenvalue weighted by molar-refractivity contribution is -0.137. The van der Waals surface area contributed by atoms with Gasteiger partial charge in [-0.15, -0.1) is 0 Å². The van der Waals surface area contributed by atoms with Gasteiger partial charge in [0.2, 0.25) is 0 Å². The maximum absolute atomic E-state index is 10.7. The Labute approximate surface area is 124 Å². The van der Waals surface area contributed by atoms with E-state index in [1.54, 1.807) is 0 Å². The van der Waals surface area contributed by atoms with Crippen molar-refractivity contribution in [1.29, 1.82) is 0 Å². The van der Waals surface area contributed by atoms with Crippen LogP contribution in [-0.4, -0.2) is 22.8 Å². The first-order chi connectivity index (χ1) is 10.1. The van der Waals surface area contributed by atoms with Gasteiger partial charge in [-0.2, -0.15) is 0 Å². The number of carbonyl (C=O) groups is 1. The summed E-state index contributed by atoms with van der Waals surface area (Å²) in [5.41, 5.74) is 3.02. The number of aliphatic carboxylic acids is 1. The quantitative estimate of drug-likeness (QED) is 0.847. The molecule has 1 aromatic heterocycles. The molecule has 112 valence electrons. The number of aromatic nitrogens is 1. The van der Waals surface area contributed by atoms with Gasteiger partial charge < -0.3 is 14.5 Å². The molecule has 21 heavy (non-hydrogen) atoms. The SMILES string of the molecule is Cc1noc(C)c1CN(CCCC(=O)O)c1ccccc1. The molecule has 0 fully saturated rings. The van der Waals surface area contributed by atoms with Gasteiger partial charge in [0.15, 0.2) is 0 Å². The van der Waals surface area contributed by atoms with Crippen LogP contribution in [0.5, 0.6) is 0 Å². The molecule has 0 aliphatic rings. The third-order valence-electron chi connectivity index (χ3n) is 3.47. The Morgan fingerprint density at radius 2 is 2.00 bits per heavy atom. The van der Waals surface area contributed by atoms with E-state index >= 15 is 0 Å². The van der Waals surface area contributed by atoms with Crippen molar-refractivity contribution in [3.8, 4) is 0 Å². The molecule has 5 nitrogen and oxygen atoms in total. The largest absolute Gasteiger partial charge is 0.481 e. The molecule has 0 saturated carbocycles. The minimum absolute atomic E-state index is 0.172. The summed E-state index contributed by atoms with van der Waals surface area (Å²) in [4.78, 5) is 12.9. The number of hydrogen-bond acceptors (Lipinski definition) is 4. The topological polar surface area (TPSA) is 66.6 Å². The number of carboxylic acid groups (broad SMARTS) is 1. The van der Waals surface area contributed by atoms with Gasteiger partial charge in [0.05, 0.1) is 5.69 Å². The highest BCUT2D eigenvalue weighted by atomic mass is 16.5. The van der Waals surface area contributed by atoms with Gasteiger partial charge in [0, 0.05) is 30.8 Å². The highest BCUT2D eigenvalue weighted by Gasteiger charge is 2.14. The Kier molecular flexibility index (Phi) is 4.98. The van der Waals surface area contributed by atoms with E-state index in [2.05, 4.69) is 10.1 Å². The summed E-state index contributed by atoms with van der Waals surface area (Å²) >= 11 is 0. The number of nitrogens with zero attached hydrogens (tertiary/aromatic N) is 2. The molecule has 1 N–H and O–H groups in total. The summed E-state index contributed by atoms with van der Waals surface area (Å²) in [5.74, 6) is 0.0482. The van der Waals surface area contributed by atoms with Crippen molar-refractivity contribution in [2.75, 3.05) is 11.4 Å². The molecule has 2 rings (SSSR count). The predicted octanol–water partition coefficient (Wildman–Crippen LogP) is 3.16. The third-order valence-corrected chi connectivity index (χ3v) is 3.47. The van der Waals surface area contributed by atoms with Crippen LogP contribution in [0.25, 0.3) is 0 Å². The maximum Gasteiger partial charge on any atom is 0.303 e. The molecule has 5 heteroatoms. The van der Waals surface area contributed by atoms with Gasteiger partial charge in [-0.3, -0.25) is 4.79 Å². The fraction of sp³-hybridized carbons (Fsp3) is 0.375. The highest BCUT2D eigenvalue weighted by molar-refractivity contribution is 5.66. The normalized spacial score (nSPS) is 10.6. The zero-order valence-corrected chi connectivity index (χ0v) is 12.4. The van der Waals surface area contributed by atoms with Gasteiger partial charge in [0.1, 0.15) is 5.76 Å². The van der Waals surface area contributed by atoms with E-state index in [1.807, 2.05) is 44.2 Å². The summed E-state index contributed by atoms with van der Waals surface area (Å²) in [6, 6.07) is 9.98. The van der Waals surface area contributed by atoms with Crippen molar-refractivity contribution in [3.05, 3.63) is 47.3 Å². The number of rotatable bonds is 7. The van der Waals surface area contributed by atoms with Gasteiger partial charge in [0.25, 0.3) is 0 Å². The predicted molar refractivity (Wildman–Crippen MR) is 80.3 cm³/mol. The molecule has 0 unspecified atom stereocenters. The van der Waals surface area contributed by atoms with Crippen LogP contribution in [0.2, 0.25) is 0 Å². The van der Waals surface area contributed by atoms with Crippen LogP contribution in [0.15, 0.2) is 34.9 Å². The molecule has 0 amide bonds. The van der Waals surface area contributed by atoms with Crippen molar-refractivity contribution in [1.82, 2.24) is 5.16 Å². The van der Waals surface area contributed by atoms with E-state index in [0.29, 0.717) is 19.5 Å². The first kappa shape index (κ1) is 15.1. The fourth-order valence-electron chi connectivity index (χ4n) is 2.28. The zero-order valence-electron chi connectivity index (χ0n) is 12.4. The minimum atomic E-state index is -0.764. The summed E-state index contributed by atoms with van der Waals surface area (Å²) in [5, 5.41) is 12.8. The van der Waals surface area contributed by atoms with Crippen LogP contribution in [0, 0.1) is 13.8 Å². The molecule has 0 aliphatic carbocycles. The lowest BCUT2D eigenvalue weighted by Gasteiger charge is -2.24. The second-order valence-corrected chi connectivity index (χ2v) is 5.06. The Hall–Kier alpha value is -2.30. The van der Waals surface area contributed by atoms with E-state index in [4.69, 9.17) is 9.63 Å². The smallest absolute Gasteiger partial charge is 0.303 e. The summed E-state index contributed by atoms with van der Waals surface area (Å²) in [6.45, 7) is 5.17. The molecule has 0 spiro atoms. The van der Waals surface area contributed by atoms with Crippen molar-refractivity contribution >= 4 is 11.7 Å². The molecule has 0 saturated heterocycles. The van der Waals surface area contributed by atoms with E-state index in [1.165, 1.54) is 0 Å². The molecule has 0 aliphatic heterocycles. The Morgan fingerprint density at radius 1 is 1.29 bits per heavy atom. The monoisotopic (exact) mass is 288 g/mol. The molecule has 2 aromatic rings. The van der Waals surface area contributed by atoms with Crippen LogP contribution in [0.3, 0.4) is 0 Å². The molecule has 1 heterocycles. The van der Waals surface area contributed by atoms with Crippen LogP contribution in [-0.2, 0) is 11.3 Å². The van der Waals surface area contributed by atoms with Gasteiger partial charge >= 0.3 is 5.97 Å². The second kappa shape index (κ2) is 6.92. The van der Waals surface area contributed by atoms with E-state index in [9.17, 15) is 4.79 Å². The van der Waals surface area contributed by atoms with E-state index < -0.39 is 5.97 Å². The van der Waals surface area contributed by atoms with Crippen molar-refractivity contribution in [3.63, 3.8) is 0 Å². The van der Waals surface area contributed by atoms with Crippen molar-refractivity contribution in [2.45, 2.75) is 33.2 Å². The number of para-hydroxylation sites is 1. The molecule has 0 radical (unpaired) electrons. The number of benzene rings is 1. The van der Waals surface area contributed by atoms with E-state index in [0.717, 1.165) is 22.7 Å². The highest BCUT2D eigenvalue weighted by Crippen LogP contribution is 2.21. The summed E-state index contributed by atoms with van der Waals surface area (Å²) in [7, 11) is 0. The van der Waals surface area contributed by atoms with Crippen molar-refractivity contribution < 1.29 is 14.4 Å². The molecular weight excluding hydrogens is 268 g/mol. The van der Waals surface area contributed by atoms with Gasteiger partial charge in [-0.25, -0.2) is 0 Å². The van der Waals surface area contributed by atoms with E-state index in [-0.39, 0.29) is 6.42 Å². The first-order valence-corrected chi connectivity index (χ1v) is 7.01. The van der Waals surface area contributed by atoms with Gasteiger partial charge in [-0.1, -0.05) is 23.4 Å². The van der Waals surface area contributed by atoms with Crippen LogP contribution < -0.4 is 4.90 Å². The molecule has 1 aromatic carbocycles. The van der Waals surface area contributed by atoms with Crippen LogP contribution in [0.1, 0.15) is 29.9 Å². The lowest BCUT2D eigenvalue weighted by Crippen LogP contribution is -2.25. The van der Waals surface area contributed by atoms with Crippen molar-refractivity contribution in [2.24, 2.45) is 0 Å². The number of carboxylic acids is 1. The summed E-state index contributed by atoms with van der Waals surface area (Å²) in [6.07, 6.45) is 0.776. The number of aryl methyl sites for hydroxylation is 2. The van der Waals surface area contributed by atoms with Gasteiger partial charge in [-0.05, 0) is 32.4 Å². The summed E-state index contributed by atoms with van der Waals surface area (Å²) < 4.78 is 5.20. The van der Waals surface area contributed by atoms with Crippen LogP contribution in [0.4, 0.5) is 5.69 Å². The average Bonchev–Trinajstić information content (AvgIpc) is 2.78. The number of hydrogen-bond donors (Lipinski definition) is 1. The average molecular weight is 288 g/mol.